The number of carbonyl (C=O) groups excluding carboxylic acids is 1. The molecule has 1 saturated heterocycles. The van der Waals surface area contributed by atoms with Gasteiger partial charge in [0.05, 0.1) is 12.2 Å². The molecule has 0 bridgehead atoms. The maximum Gasteiger partial charge on any atom is 0.239 e. The van der Waals surface area contributed by atoms with E-state index in [1.54, 1.807) is 6.33 Å². The van der Waals surface area contributed by atoms with Crippen LogP contribution in [0.1, 0.15) is 43.1 Å². The first-order valence-corrected chi connectivity index (χ1v) is 9.18. The number of nitrogens with one attached hydrogen (secondary N) is 3. The molecule has 1 saturated carbocycles. The number of hydrazine groups is 1. The first-order chi connectivity index (χ1) is 12.7. The lowest BCUT2D eigenvalue weighted by atomic mass is 9.90. The number of rotatable bonds is 6. The molecule has 1 amide bonds. The minimum absolute atomic E-state index is 0.0677. The van der Waals surface area contributed by atoms with Crippen LogP contribution in [-0.2, 0) is 11.3 Å². The molecule has 0 spiro atoms. The van der Waals surface area contributed by atoms with E-state index in [0.717, 1.165) is 30.8 Å². The molecular formula is C18H25N7O. The summed E-state index contributed by atoms with van der Waals surface area (Å²) >= 11 is 0. The van der Waals surface area contributed by atoms with Crippen molar-refractivity contribution in [2.75, 3.05) is 0 Å². The highest BCUT2D eigenvalue weighted by molar-refractivity contribution is 5.84. The molecule has 8 heteroatoms. The molecule has 2 aliphatic rings. The SMILES string of the molecule is CCn1ncnc1C(NC(=O)C1NNC(N)C1c1ccccc1)C1CC1. The van der Waals surface area contributed by atoms with Gasteiger partial charge in [0, 0.05) is 12.5 Å². The van der Waals surface area contributed by atoms with Crippen LogP contribution >= 0.6 is 0 Å². The molecule has 1 aliphatic heterocycles. The number of hydrogen-bond acceptors (Lipinski definition) is 6. The van der Waals surface area contributed by atoms with Crippen molar-refractivity contribution in [3.05, 3.63) is 48.0 Å². The van der Waals surface area contributed by atoms with Gasteiger partial charge in [0.25, 0.3) is 0 Å². The van der Waals surface area contributed by atoms with Gasteiger partial charge in [0.15, 0.2) is 0 Å². The van der Waals surface area contributed by atoms with Crippen molar-refractivity contribution >= 4 is 5.91 Å². The van der Waals surface area contributed by atoms with E-state index in [0.29, 0.717) is 5.92 Å². The third kappa shape index (κ3) is 3.23. The second-order valence-electron chi connectivity index (χ2n) is 6.99. The number of aryl methyl sites for hydroxylation is 1. The van der Waals surface area contributed by atoms with E-state index < -0.39 is 6.04 Å². The summed E-state index contributed by atoms with van der Waals surface area (Å²) in [5.74, 6) is 1.04. The highest BCUT2D eigenvalue weighted by Crippen LogP contribution is 2.40. The van der Waals surface area contributed by atoms with E-state index >= 15 is 0 Å². The fourth-order valence-corrected chi connectivity index (χ4v) is 3.70. The van der Waals surface area contributed by atoms with Gasteiger partial charge in [-0.05, 0) is 31.2 Å². The van der Waals surface area contributed by atoms with Crippen molar-refractivity contribution in [1.82, 2.24) is 30.9 Å². The van der Waals surface area contributed by atoms with Crippen molar-refractivity contribution in [2.24, 2.45) is 11.7 Å². The summed E-state index contributed by atoms with van der Waals surface area (Å²) in [6.45, 7) is 2.76. The largest absolute Gasteiger partial charge is 0.344 e. The summed E-state index contributed by atoms with van der Waals surface area (Å²) in [4.78, 5) is 17.5. The summed E-state index contributed by atoms with van der Waals surface area (Å²) in [5, 5.41) is 7.45. The van der Waals surface area contributed by atoms with Gasteiger partial charge in [-0.3, -0.25) is 4.79 Å². The quantitative estimate of drug-likeness (QED) is 0.597. The molecule has 0 radical (unpaired) electrons. The first kappa shape index (κ1) is 17.1. The molecule has 26 heavy (non-hydrogen) atoms. The van der Waals surface area contributed by atoms with Gasteiger partial charge in [0.1, 0.15) is 18.2 Å². The number of nitrogens with two attached hydrogens (primary N) is 1. The highest BCUT2D eigenvalue weighted by atomic mass is 16.2. The number of hydrogen-bond donors (Lipinski definition) is 4. The van der Waals surface area contributed by atoms with Crippen molar-refractivity contribution in [1.29, 1.82) is 0 Å². The van der Waals surface area contributed by atoms with Crippen molar-refractivity contribution in [3.63, 3.8) is 0 Å². The minimum Gasteiger partial charge on any atom is -0.344 e. The van der Waals surface area contributed by atoms with Gasteiger partial charge in [0.2, 0.25) is 5.91 Å². The van der Waals surface area contributed by atoms with Crippen LogP contribution < -0.4 is 21.9 Å². The molecule has 4 atom stereocenters. The van der Waals surface area contributed by atoms with Gasteiger partial charge >= 0.3 is 0 Å². The minimum atomic E-state index is -0.438. The second-order valence-corrected chi connectivity index (χ2v) is 6.99. The maximum atomic E-state index is 13.1. The summed E-state index contributed by atoms with van der Waals surface area (Å²) in [6, 6.07) is 9.35. The van der Waals surface area contributed by atoms with Crippen LogP contribution in [0.25, 0.3) is 0 Å². The Balaban J connectivity index is 1.54. The molecule has 2 aromatic rings. The van der Waals surface area contributed by atoms with Gasteiger partial charge in [-0.2, -0.15) is 5.10 Å². The molecule has 4 unspecified atom stereocenters. The average molecular weight is 355 g/mol. The Bertz CT molecular complexity index is 758. The maximum absolute atomic E-state index is 13.1. The molecular weight excluding hydrogens is 330 g/mol. The van der Waals surface area contributed by atoms with Crippen LogP contribution in [0.5, 0.6) is 0 Å². The number of amides is 1. The van der Waals surface area contributed by atoms with E-state index in [4.69, 9.17) is 5.73 Å². The standard InChI is InChI=1S/C18H25N7O/c1-2-25-17(20-10-21-25)14(12-8-9-12)22-18(26)15-13(16(19)24-23-15)11-6-4-3-5-7-11/h3-7,10,12-16,23-24H,2,8-9,19H2,1H3,(H,22,26). The van der Waals surface area contributed by atoms with Gasteiger partial charge < -0.3 is 11.1 Å². The molecule has 1 aromatic carbocycles. The molecule has 1 aromatic heterocycles. The molecule has 1 aliphatic carbocycles. The fourth-order valence-electron chi connectivity index (χ4n) is 3.70. The Kier molecular flexibility index (Phi) is 4.71. The summed E-state index contributed by atoms with van der Waals surface area (Å²) in [5.41, 5.74) is 13.3. The zero-order chi connectivity index (χ0) is 18.1. The van der Waals surface area contributed by atoms with E-state index in [-0.39, 0.29) is 24.0 Å². The highest BCUT2D eigenvalue weighted by Gasteiger charge is 2.42. The van der Waals surface area contributed by atoms with Crippen LogP contribution in [0.15, 0.2) is 36.7 Å². The van der Waals surface area contributed by atoms with Crippen molar-refractivity contribution in [3.8, 4) is 0 Å². The fraction of sp³-hybridized carbons (Fsp3) is 0.500. The van der Waals surface area contributed by atoms with E-state index in [2.05, 4.69) is 26.3 Å². The van der Waals surface area contributed by atoms with Crippen LogP contribution in [0.4, 0.5) is 0 Å². The lowest BCUT2D eigenvalue weighted by molar-refractivity contribution is -0.124. The topological polar surface area (TPSA) is 110 Å². The number of benzene rings is 1. The molecule has 5 N–H and O–H groups in total. The Morgan fingerprint density at radius 3 is 2.81 bits per heavy atom. The Morgan fingerprint density at radius 1 is 1.35 bits per heavy atom. The van der Waals surface area contributed by atoms with Crippen molar-refractivity contribution < 1.29 is 4.79 Å². The lowest BCUT2D eigenvalue weighted by Gasteiger charge is -2.24. The van der Waals surface area contributed by atoms with Gasteiger partial charge in [-0.15, -0.1) is 0 Å². The van der Waals surface area contributed by atoms with E-state index in [9.17, 15) is 4.79 Å². The van der Waals surface area contributed by atoms with E-state index in [1.165, 1.54) is 0 Å². The van der Waals surface area contributed by atoms with Crippen LogP contribution in [0, 0.1) is 5.92 Å². The third-order valence-electron chi connectivity index (χ3n) is 5.23. The summed E-state index contributed by atoms with van der Waals surface area (Å²) < 4.78 is 1.85. The zero-order valence-electron chi connectivity index (χ0n) is 14.8. The number of nitrogens with zero attached hydrogens (tertiary/aromatic N) is 3. The van der Waals surface area contributed by atoms with Crippen LogP contribution in [0.3, 0.4) is 0 Å². The predicted octanol–water partition coefficient (Wildman–Crippen LogP) is 0.410. The normalized spacial score (nSPS) is 26.6. The Hall–Kier alpha value is -2.29. The van der Waals surface area contributed by atoms with Gasteiger partial charge in [-0.1, -0.05) is 30.3 Å². The Morgan fingerprint density at radius 2 is 2.12 bits per heavy atom. The van der Waals surface area contributed by atoms with Crippen LogP contribution in [-0.4, -0.2) is 32.9 Å². The number of aromatic nitrogens is 3. The Labute approximate surface area is 152 Å². The molecule has 4 rings (SSSR count). The summed E-state index contributed by atoms with van der Waals surface area (Å²) in [7, 11) is 0. The predicted molar refractivity (Wildman–Crippen MR) is 96.5 cm³/mol. The van der Waals surface area contributed by atoms with Crippen molar-refractivity contribution in [2.45, 2.75) is 50.5 Å². The molecule has 8 nitrogen and oxygen atoms in total. The molecule has 138 valence electrons. The van der Waals surface area contributed by atoms with E-state index in [1.807, 2.05) is 41.9 Å². The third-order valence-corrected chi connectivity index (χ3v) is 5.23. The summed E-state index contributed by atoms with van der Waals surface area (Å²) in [6.07, 6.45) is 3.42. The molecule has 2 fully saturated rings. The average Bonchev–Trinajstić information content (AvgIpc) is 3.26. The monoisotopic (exact) mass is 355 g/mol. The molecule has 2 heterocycles. The van der Waals surface area contributed by atoms with Gasteiger partial charge in [-0.25, -0.2) is 20.5 Å². The lowest BCUT2D eigenvalue weighted by Crippen LogP contribution is -2.47. The second kappa shape index (κ2) is 7.14. The smallest absolute Gasteiger partial charge is 0.239 e. The zero-order valence-corrected chi connectivity index (χ0v) is 14.8. The first-order valence-electron chi connectivity index (χ1n) is 9.18. The van der Waals surface area contributed by atoms with Crippen LogP contribution in [0.2, 0.25) is 0 Å². The number of carbonyl (C=O) groups is 1.